The Labute approximate surface area is 152 Å². The van der Waals surface area contributed by atoms with E-state index >= 15 is 0 Å². The molecule has 0 N–H and O–H groups in total. The molecule has 130 valence electrons. The zero-order valence-corrected chi connectivity index (χ0v) is 14.3. The SMILES string of the molecule is COc1ccccc1C(=O)COc1ccc(C(=O)c2ccccc2)cc1. The number of hydrogen-bond donors (Lipinski definition) is 0. The van der Waals surface area contributed by atoms with Crippen LogP contribution in [0.4, 0.5) is 0 Å². The van der Waals surface area contributed by atoms with Crippen LogP contribution in [0.15, 0.2) is 78.9 Å². The van der Waals surface area contributed by atoms with E-state index in [4.69, 9.17) is 9.47 Å². The number of rotatable bonds is 7. The minimum absolute atomic E-state index is 0.0535. The number of carbonyl (C=O) groups is 2. The van der Waals surface area contributed by atoms with Gasteiger partial charge in [0.05, 0.1) is 12.7 Å². The summed E-state index contributed by atoms with van der Waals surface area (Å²) in [5.74, 6) is 0.817. The normalized spacial score (nSPS) is 10.2. The van der Waals surface area contributed by atoms with Crippen molar-refractivity contribution in [1.82, 2.24) is 0 Å². The number of Topliss-reactive ketones (excluding diaryl/α,β-unsaturated/α-hetero) is 1. The average Bonchev–Trinajstić information content (AvgIpc) is 2.72. The molecular formula is C22H18O4. The third-order valence-electron chi connectivity index (χ3n) is 3.93. The fourth-order valence-electron chi connectivity index (χ4n) is 2.56. The summed E-state index contributed by atoms with van der Waals surface area (Å²) in [5, 5.41) is 0. The van der Waals surface area contributed by atoms with Crippen molar-refractivity contribution < 1.29 is 19.1 Å². The van der Waals surface area contributed by atoms with Crippen LogP contribution in [0.2, 0.25) is 0 Å². The summed E-state index contributed by atoms with van der Waals surface area (Å²) in [6.45, 7) is -0.105. The lowest BCUT2D eigenvalue weighted by atomic mass is 10.0. The third kappa shape index (κ3) is 3.98. The van der Waals surface area contributed by atoms with Crippen molar-refractivity contribution in [3.8, 4) is 11.5 Å². The van der Waals surface area contributed by atoms with Crippen LogP contribution >= 0.6 is 0 Å². The Morgan fingerprint density at radius 1 is 0.769 bits per heavy atom. The Morgan fingerprint density at radius 2 is 1.38 bits per heavy atom. The van der Waals surface area contributed by atoms with Gasteiger partial charge in [-0.25, -0.2) is 0 Å². The zero-order valence-electron chi connectivity index (χ0n) is 14.3. The van der Waals surface area contributed by atoms with Crippen molar-refractivity contribution in [2.24, 2.45) is 0 Å². The van der Waals surface area contributed by atoms with Gasteiger partial charge < -0.3 is 9.47 Å². The molecule has 0 unspecified atom stereocenters. The maximum absolute atomic E-state index is 12.4. The number of ether oxygens (including phenoxy) is 2. The van der Waals surface area contributed by atoms with Gasteiger partial charge in [-0.1, -0.05) is 42.5 Å². The molecule has 0 atom stereocenters. The molecule has 0 aliphatic rings. The van der Waals surface area contributed by atoms with Gasteiger partial charge in [0.1, 0.15) is 11.5 Å². The highest BCUT2D eigenvalue weighted by Crippen LogP contribution is 2.19. The first-order valence-electron chi connectivity index (χ1n) is 8.18. The van der Waals surface area contributed by atoms with Gasteiger partial charge in [-0.3, -0.25) is 9.59 Å². The molecule has 0 aromatic heterocycles. The van der Waals surface area contributed by atoms with Gasteiger partial charge in [-0.05, 0) is 36.4 Å². The molecule has 0 aliphatic carbocycles. The number of methoxy groups -OCH3 is 1. The topological polar surface area (TPSA) is 52.6 Å². The maximum Gasteiger partial charge on any atom is 0.203 e. The maximum atomic E-state index is 12.4. The average molecular weight is 346 g/mol. The number of para-hydroxylation sites is 1. The summed E-state index contributed by atoms with van der Waals surface area (Å²) < 4.78 is 10.7. The van der Waals surface area contributed by atoms with E-state index in [9.17, 15) is 9.59 Å². The third-order valence-corrected chi connectivity index (χ3v) is 3.93. The Kier molecular flexibility index (Phi) is 5.44. The van der Waals surface area contributed by atoms with Crippen LogP contribution in [0.5, 0.6) is 11.5 Å². The fraction of sp³-hybridized carbons (Fsp3) is 0.0909. The molecule has 0 saturated carbocycles. The van der Waals surface area contributed by atoms with Crippen LogP contribution in [0.1, 0.15) is 26.3 Å². The van der Waals surface area contributed by atoms with Crippen molar-refractivity contribution in [3.05, 3.63) is 95.6 Å². The summed E-state index contributed by atoms with van der Waals surface area (Å²) in [6.07, 6.45) is 0. The molecule has 0 saturated heterocycles. The van der Waals surface area contributed by atoms with E-state index in [1.807, 2.05) is 18.2 Å². The first-order valence-corrected chi connectivity index (χ1v) is 8.18. The highest BCUT2D eigenvalue weighted by atomic mass is 16.5. The second-order valence-corrected chi connectivity index (χ2v) is 5.63. The van der Waals surface area contributed by atoms with E-state index < -0.39 is 0 Å². The van der Waals surface area contributed by atoms with E-state index in [0.717, 1.165) is 0 Å². The van der Waals surface area contributed by atoms with Crippen LogP contribution in [0, 0.1) is 0 Å². The predicted octanol–water partition coefficient (Wildman–Crippen LogP) is 4.19. The first-order chi connectivity index (χ1) is 12.7. The van der Waals surface area contributed by atoms with Gasteiger partial charge in [0.25, 0.3) is 0 Å². The monoisotopic (exact) mass is 346 g/mol. The lowest BCUT2D eigenvalue weighted by Gasteiger charge is -2.09. The molecule has 0 heterocycles. The molecule has 0 spiro atoms. The summed E-state index contributed by atoms with van der Waals surface area (Å²) in [7, 11) is 1.52. The molecule has 0 fully saturated rings. The molecule has 3 rings (SSSR count). The van der Waals surface area contributed by atoms with Crippen LogP contribution in [0.3, 0.4) is 0 Å². The standard InChI is InChI=1S/C22H18O4/c1-25-21-10-6-5-9-19(21)20(23)15-26-18-13-11-17(12-14-18)22(24)16-7-3-2-4-8-16/h2-14H,15H2,1H3. The second-order valence-electron chi connectivity index (χ2n) is 5.63. The van der Waals surface area contributed by atoms with Gasteiger partial charge in [-0.15, -0.1) is 0 Å². The molecule has 0 amide bonds. The lowest BCUT2D eigenvalue weighted by molar-refractivity contribution is 0.0917. The van der Waals surface area contributed by atoms with Crippen molar-refractivity contribution >= 4 is 11.6 Å². The molecular weight excluding hydrogens is 328 g/mol. The van der Waals surface area contributed by atoms with Crippen molar-refractivity contribution in [1.29, 1.82) is 0 Å². The number of hydrogen-bond acceptors (Lipinski definition) is 4. The molecule has 0 bridgehead atoms. The Morgan fingerprint density at radius 3 is 2.08 bits per heavy atom. The Hall–Kier alpha value is -3.40. The molecule has 4 nitrogen and oxygen atoms in total. The molecule has 3 aromatic carbocycles. The van der Waals surface area contributed by atoms with Crippen LogP contribution in [0.25, 0.3) is 0 Å². The van der Waals surface area contributed by atoms with Gasteiger partial charge in [0.2, 0.25) is 5.78 Å². The van der Waals surface area contributed by atoms with E-state index in [2.05, 4.69) is 0 Å². The van der Waals surface area contributed by atoms with Gasteiger partial charge in [0, 0.05) is 11.1 Å². The number of carbonyl (C=O) groups excluding carboxylic acids is 2. The van der Waals surface area contributed by atoms with Crippen LogP contribution in [-0.4, -0.2) is 25.3 Å². The number of benzene rings is 3. The Bertz CT molecular complexity index is 899. The zero-order chi connectivity index (χ0) is 18.4. The second kappa shape index (κ2) is 8.12. The minimum Gasteiger partial charge on any atom is -0.496 e. The summed E-state index contributed by atoms with van der Waals surface area (Å²) in [6, 6.07) is 22.8. The quantitative estimate of drug-likeness (QED) is 0.602. The van der Waals surface area contributed by atoms with E-state index in [0.29, 0.717) is 28.2 Å². The summed E-state index contributed by atoms with van der Waals surface area (Å²) >= 11 is 0. The largest absolute Gasteiger partial charge is 0.496 e. The molecule has 0 radical (unpaired) electrons. The summed E-state index contributed by atoms with van der Waals surface area (Å²) in [5.41, 5.74) is 1.68. The highest BCUT2D eigenvalue weighted by molar-refractivity contribution is 6.09. The van der Waals surface area contributed by atoms with Crippen molar-refractivity contribution in [2.75, 3.05) is 13.7 Å². The lowest BCUT2D eigenvalue weighted by Crippen LogP contribution is -2.12. The van der Waals surface area contributed by atoms with Crippen LogP contribution < -0.4 is 9.47 Å². The molecule has 0 aliphatic heterocycles. The highest BCUT2D eigenvalue weighted by Gasteiger charge is 2.13. The van der Waals surface area contributed by atoms with E-state index in [-0.39, 0.29) is 18.2 Å². The van der Waals surface area contributed by atoms with E-state index in [1.54, 1.807) is 60.7 Å². The molecule has 4 heteroatoms. The van der Waals surface area contributed by atoms with Gasteiger partial charge in [0.15, 0.2) is 12.4 Å². The van der Waals surface area contributed by atoms with Gasteiger partial charge >= 0.3 is 0 Å². The summed E-state index contributed by atoms with van der Waals surface area (Å²) in [4.78, 5) is 24.7. The molecule has 26 heavy (non-hydrogen) atoms. The Balaban J connectivity index is 1.65. The smallest absolute Gasteiger partial charge is 0.203 e. The minimum atomic E-state index is -0.174. The fourth-order valence-corrected chi connectivity index (χ4v) is 2.56. The predicted molar refractivity (Wildman–Crippen MR) is 99.1 cm³/mol. The van der Waals surface area contributed by atoms with Crippen LogP contribution in [-0.2, 0) is 0 Å². The van der Waals surface area contributed by atoms with E-state index in [1.165, 1.54) is 7.11 Å². The molecule has 3 aromatic rings. The number of ketones is 2. The van der Waals surface area contributed by atoms with Gasteiger partial charge in [-0.2, -0.15) is 0 Å². The van der Waals surface area contributed by atoms with Crippen molar-refractivity contribution in [3.63, 3.8) is 0 Å². The van der Waals surface area contributed by atoms with Crippen molar-refractivity contribution in [2.45, 2.75) is 0 Å². The first kappa shape index (κ1) is 17.4.